The van der Waals surface area contributed by atoms with Gasteiger partial charge in [0.25, 0.3) is 0 Å². The Morgan fingerprint density at radius 2 is 1.27 bits per heavy atom. The summed E-state index contributed by atoms with van der Waals surface area (Å²) < 4.78 is 13.6. The van der Waals surface area contributed by atoms with Gasteiger partial charge in [0.2, 0.25) is 11.8 Å². The van der Waals surface area contributed by atoms with Crippen LogP contribution in [0.2, 0.25) is 0 Å². The zero-order chi connectivity index (χ0) is 40.8. The number of aliphatic hydroxyl groups excluding tert-OH is 1. The topological polar surface area (TPSA) is 126 Å². The molecule has 0 radical (unpaired) electrons. The second-order valence-electron chi connectivity index (χ2n) is 15.1. The maximum atomic E-state index is 12.7. The highest BCUT2D eigenvalue weighted by Gasteiger charge is 2.33. The van der Waals surface area contributed by atoms with Crippen LogP contribution in [0.1, 0.15) is 71.5 Å². The first-order valence-electron chi connectivity index (χ1n) is 20.3. The van der Waals surface area contributed by atoms with E-state index in [0.717, 1.165) is 46.5 Å². The van der Waals surface area contributed by atoms with Crippen molar-refractivity contribution >= 4 is 23.2 Å². The number of benzene rings is 6. The van der Waals surface area contributed by atoms with Crippen molar-refractivity contribution in [2.45, 2.75) is 70.4 Å². The Labute approximate surface area is 346 Å². The van der Waals surface area contributed by atoms with Crippen molar-refractivity contribution in [1.29, 1.82) is 0 Å². The first-order chi connectivity index (χ1) is 28.9. The minimum atomic E-state index is -0.610. The van der Waals surface area contributed by atoms with Gasteiger partial charge >= 0.3 is 0 Å². The van der Waals surface area contributed by atoms with Crippen molar-refractivity contribution < 1.29 is 24.2 Å². The van der Waals surface area contributed by atoms with Crippen LogP contribution >= 0.6 is 0 Å². The highest BCUT2D eigenvalue weighted by atomic mass is 16.7. The second kappa shape index (κ2) is 20.5. The molecular weight excluding hydrogens is 737 g/mol. The number of hydrogen-bond acceptors (Lipinski definition) is 7. The summed E-state index contributed by atoms with van der Waals surface area (Å²) in [5.41, 5.74) is 15.3. The molecular formula is C50H52N4O5. The molecule has 2 amide bonds. The zero-order valence-electron chi connectivity index (χ0n) is 33.2. The molecule has 0 spiro atoms. The molecule has 9 nitrogen and oxygen atoms in total. The molecule has 6 aromatic carbocycles. The van der Waals surface area contributed by atoms with Crippen LogP contribution in [0.5, 0.6) is 0 Å². The summed E-state index contributed by atoms with van der Waals surface area (Å²) in [5.74, 6) is -0.289. The molecule has 6 aromatic rings. The molecule has 0 unspecified atom stereocenters. The number of ether oxygens (including phenoxy) is 2. The summed E-state index contributed by atoms with van der Waals surface area (Å²) in [6, 6.07) is 52.6. The van der Waals surface area contributed by atoms with Gasteiger partial charge in [-0.15, -0.1) is 0 Å². The molecule has 302 valence electrons. The number of nitrogens with zero attached hydrogens (tertiary/aromatic N) is 1. The van der Waals surface area contributed by atoms with E-state index in [2.05, 4.69) is 88.3 Å². The van der Waals surface area contributed by atoms with E-state index < -0.39 is 6.29 Å². The van der Waals surface area contributed by atoms with Gasteiger partial charge in [-0.1, -0.05) is 133 Å². The summed E-state index contributed by atoms with van der Waals surface area (Å²) in [6.45, 7) is 2.63. The fraction of sp³-hybridized carbons (Fsp3) is 0.240. The van der Waals surface area contributed by atoms with Crippen LogP contribution < -0.4 is 16.4 Å². The van der Waals surface area contributed by atoms with Gasteiger partial charge in [0.15, 0.2) is 6.29 Å². The Morgan fingerprint density at radius 1 is 0.644 bits per heavy atom. The number of anilines is 2. The quantitative estimate of drug-likeness (QED) is 0.0680. The number of nitrogens with one attached hydrogen (secondary N) is 2. The van der Waals surface area contributed by atoms with Crippen LogP contribution in [0.4, 0.5) is 11.4 Å². The van der Waals surface area contributed by atoms with Gasteiger partial charge in [0.1, 0.15) is 0 Å². The predicted octanol–water partition coefficient (Wildman–Crippen LogP) is 9.10. The summed E-state index contributed by atoms with van der Waals surface area (Å²) in [5, 5.41) is 15.5. The molecule has 0 aliphatic carbocycles. The van der Waals surface area contributed by atoms with E-state index in [1.807, 2.05) is 72.8 Å². The van der Waals surface area contributed by atoms with Gasteiger partial charge in [-0.05, 0) is 69.6 Å². The third kappa shape index (κ3) is 12.0. The third-order valence-corrected chi connectivity index (χ3v) is 10.5. The smallest absolute Gasteiger partial charge is 0.224 e. The molecule has 1 saturated heterocycles. The number of carbonyl (C=O) groups excluding carboxylic acids is 2. The lowest BCUT2D eigenvalue weighted by molar-refractivity contribution is -0.253. The molecule has 1 fully saturated rings. The minimum Gasteiger partial charge on any atom is -0.397 e. The second-order valence-corrected chi connectivity index (χ2v) is 15.1. The largest absolute Gasteiger partial charge is 0.397 e. The van der Waals surface area contributed by atoms with E-state index in [1.54, 1.807) is 12.1 Å². The fourth-order valence-electron chi connectivity index (χ4n) is 7.44. The maximum absolute atomic E-state index is 12.7. The van der Waals surface area contributed by atoms with Crippen molar-refractivity contribution in [1.82, 2.24) is 10.2 Å². The van der Waals surface area contributed by atoms with E-state index in [9.17, 15) is 14.7 Å². The van der Waals surface area contributed by atoms with Crippen LogP contribution in [-0.2, 0) is 45.3 Å². The standard InChI is InChI=1S/C50H52N4O5/c51-45-20-7-8-21-46(45)53-49(57)23-11-22-48(56)52-31-39-16-9-17-41(28-39)42-18-10-19-43(29-42)50-58-44(30-47(59-50)40-26-24-38(35-55)25-27-40)34-54(32-36-12-3-1-4-13-36)33-37-14-5-2-6-15-37/h1-10,12-21,24-29,44,47,50,55H,11,22-23,30-35,51H2,(H,52,56)(H,53,57)/t44-,47+,50+/m1/s1. The molecule has 1 heterocycles. The van der Waals surface area contributed by atoms with Crippen LogP contribution in [0.25, 0.3) is 11.1 Å². The van der Waals surface area contributed by atoms with Crippen molar-refractivity contribution in [2.75, 3.05) is 17.6 Å². The Kier molecular flexibility index (Phi) is 14.3. The van der Waals surface area contributed by atoms with Gasteiger partial charge in [-0.3, -0.25) is 14.5 Å². The molecule has 0 aromatic heterocycles. The van der Waals surface area contributed by atoms with E-state index in [4.69, 9.17) is 15.2 Å². The van der Waals surface area contributed by atoms with Crippen molar-refractivity contribution in [2.24, 2.45) is 0 Å². The first kappa shape index (κ1) is 41.1. The molecule has 7 rings (SSSR count). The predicted molar refractivity (Wildman–Crippen MR) is 232 cm³/mol. The number of amides is 2. The normalized spacial score (nSPS) is 16.4. The summed E-state index contributed by atoms with van der Waals surface area (Å²) in [7, 11) is 0. The molecule has 0 saturated carbocycles. The molecule has 59 heavy (non-hydrogen) atoms. The van der Waals surface area contributed by atoms with Gasteiger partial charge in [-0.25, -0.2) is 0 Å². The fourth-order valence-corrected chi connectivity index (χ4v) is 7.44. The number of carbonyl (C=O) groups is 2. The van der Waals surface area contributed by atoms with Crippen molar-refractivity contribution in [3.05, 3.63) is 191 Å². The monoisotopic (exact) mass is 788 g/mol. The number of para-hydroxylation sites is 2. The highest BCUT2D eigenvalue weighted by Crippen LogP contribution is 2.39. The number of nitrogen functional groups attached to an aromatic ring is 1. The number of rotatable bonds is 17. The Bertz CT molecular complexity index is 2230. The Balaban J connectivity index is 1.02. The van der Waals surface area contributed by atoms with Gasteiger partial charge < -0.3 is 30.9 Å². The van der Waals surface area contributed by atoms with E-state index >= 15 is 0 Å². The lowest BCUT2D eigenvalue weighted by Gasteiger charge is -2.38. The molecule has 5 N–H and O–H groups in total. The molecule has 3 atom stereocenters. The number of hydrogen-bond donors (Lipinski definition) is 4. The Hall–Kier alpha value is -6.10. The molecule has 9 heteroatoms. The lowest BCUT2D eigenvalue weighted by Crippen LogP contribution is -2.39. The average molecular weight is 789 g/mol. The van der Waals surface area contributed by atoms with Gasteiger partial charge in [0, 0.05) is 51.0 Å². The van der Waals surface area contributed by atoms with Crippen molar-refractivity contribution in [3.8, 4) is 11.1 Å². The minimum absolute atomic E-state index is 0.0132. The molecule has 0 bridgehead atoms. The van der Waals surface area contributed by atoms with E-state index in [-0.39, 0.29) is 43.5 Å². The van der Waals surface area contributed by atoms with Crippen LogP contribution in [-0.4, -0.2) is 34.5 Å². The van der Waals surface area contributed by atoms with Gasteiger partial charge in [0.05, 0.1) is 30.2 Å². The highest BCUT2D eigenvalue weighted by molar-refractivity contribution is 5.94. The van der Waals surface area contributed by atoms with Crippen LogP contribution in [0.3, 0.4) is 0 Å². The third-order valence-electron chi connectivity index (χ3n) is 10.5. The van der Waals surface area contributed by atoms with E-state index in [0.29, 0.717) is 37.3 Å². The number of aliphatic hydroxyl groups is 1. The van der Waals surface area contributed by atoms with Crippen molar-refractivity contribution in [3.63, 3.8) is 0 Å². The van der Waals surface area contributed by atoms with Crippen LogP contribution in [0, 0.1) is 0 Å². The molecule has 1 aliphatic rings. The zero-order valence-corrected chi connectivity index (χ0v) is 33.2. The number of nitrogens with two attached hydrogens (primary N) is 1. The Morgan fingerprint density at radius 3 is 1.97 bits per heavy atom. The lowest BCUT2D eigenvalue weighted by atomic mass is 9.98. The molecule has 1 aliphatic heterocycles. The average Bonchev–Trinajstić information content (AvgIpc) is 3.27. The van der Waals surface area contributed by atoms with Crippen LogP contribution in [0.15, 0.2) is 158 Å². The first-order valence-corrected chi connectivity index (χ1v) is 20.3. The summed E-state index contributed by atoms with van der Waals surface area (Å²) in [4.78, 5) is 27.5. The SMILES string of the molecule is Nc1ccccc1NC(=O)CCCC(=O)NCc1cccc(-c2cccc([C@H]3O[C@@H](CN(Cc4ccccc4)Cc4ccccc4)C[C@@H](c4ccc(CO)cc4)O3)c2)c1. The summed E-state index contributed by atoms with van der Waals surface area (Å²) >= 11 is 0. The van der Waals surface area contributed by atoms with Gasteiger partial charge in [-0.2, -0.15) is 0 Å². The summed E-state index contributed by atoms with van der Waals surface area (Å²) in [6.07, 6.45) is 0.616. The maximum Gasteiger partial charge on any atom is 0.224 e. The van der Waals surface area contributed by atoms with E-state index in [1.165, 1.54) is 11.1 Å².